The molecule has 108 valence electrons. The Labute approximate surface area is 126 Å². The summed E-state index contributed by atoms with van der Waals surface area (Å²) in [6.45, 7) is 0.947. The number of rotatable bonds is 6. The van der Waals surface area contributed by atoms with Crippen LogP contribution in [0.4, 0.5) is 0 Å². The van der Waals surface area contributed by atoms with Gasteiger partial charge in [-0.15, -0.1) is 0 Å². The van der Waals surface area contributed by atoms with Gasteiger partial charge >= 0.3 is 0 Å². The second kappa shape index (κ2) is 7.58. The van der Waals surface area contributed by atoms with Gasteiger partial charge in [-0.05, 0) is 36.7 Å². The number of nitrogens with zero attached hydrogens (tertiary/aromatic N) is 2. The second-order valence-corrected chi connectivity index (χ2v) is 5.16. The molecule has 0 aliphatic rings. The van der Waals surface area contributed by atoms with E-state index in [4.69, 9.17) is 5.26 Å². The largest absolute Gasteiger partial charge is 0.396 e. The van der Waals surface area contributed by atoms with Crippen LogP contribution in [-0.4, -0.2) is 23.7 Å². The Hall–Kier alpha value is -2.15. The monoisotopic (exact) mass is 280 g/mol. The van der Waals surface area contributed by atoms with Crippen molar-refractivity contribution in [1.82, 2.24) is 4.90 Å². The SMILES string of the molecule is CN(Cc1ccc(C#N)cc1)[C@H](CCO)c1ccccc1. The lowest BCUT2D eigenvalue weighted by molar-refractivity contribution is 0.180. The van der Waals surface area contributed by atoms with E-state index in [-0.39, 0.29) is 12.6 Å². The normalized spacial score (nSPS) is 12.1. The number of benzene rings is 2. The summed E-state index contributed by atoms with van der Waals surface area (Å²) < 4.78 is 0. The molecule has 1 atom stereocenters. The van der Waals surface area contributed by atoms with Crippen LogP contribution in [0.3, 0.4) is 0 Å². The van der Waals surface area contributed by atoms with Gasteiger partial charge in [0.2, 0.25) is 0 Å². The smallest absolute Gasteiger partial charge is 0.0991 e. The predicted octanol–water partition coefficient (Wildman–Crippen LogP) is 3.11. The molecule has 0 aliphatic heterocycles. The zero-order chi connectivity index (χ0) is 15.1. The summed E-state index contributed by atoms with van der Waals surface area (Å²) in [5.74, 6) is 0. The standard InChI is InChI=1S/C18H20N2O/c1-20(14-16-9-7-15(13-19)8-10-16)18(11-12-21)17-5-3-2-4-6-17/h2-10,18,21H,11-12,14H2,1H3/t18-/m1/s1. The van der Waals surface area contributed by atoms with Crippen molar-refractivity contribution in [2.45, 2.75) is 19.0 Å². The summed E-state index contributed by atoms with van der Waals surface area (Å²) in [4.78, 5) is 2.23. The van der Waals surface area contributed by atoms with Gasteiger partial charge in [-0.25, -0.2) is 0 Å². The first-order chi connectivity index (χ1) is 10.2. The maximum absolute atomic E-state index is 9.32. The van der Waals surface area contributed by atoms with Gasteiger partial charge in [0.05, 0.1) is 11.6 Å². The van der Waals surface area contributed by atoms with Crippen LogP contribution in [0.25, 0.3) is 0 Å². The zero-order valence-electron chi connectivity index (χ0n) is 12.2. The van der Waals surface area contributed by atoms with Gasteiger partial charge in [-0.1, -0.05) is 42.5 Å². The number of hydrogen-bond donors (Lipinski definition) is 1. The maximum Gasteiger partial charge on any atom is 0.0991 e. The van der Waals surface area contributed by atoms with E-state index >= 15 is 0 Å². The molecule has 0 aromatic heterocycles. The Bertz CT molecular complexity index is 587. The van der Waals surface area contributed by atoms with Crippen molar-refractivity contribution in [2.75, 3.05) is 13.7 Å². The van der Waals surface area contributed by atoms with Crippen LogP contribution < -0.4 is 0 Å². The lowest BCUT2D eigenvalue weighted by atomic mass is 10.0. The molecule has 0 amide bonds. The third-order valence-electron chi connectivity index (χ3n) is 3.63. The Kier molecular flexibility index (Phi) is 5.51. The van der Waals surface area contributed by atoms with Crippen LogP contribution >= 0.6 is 0 Å². The summed E-state index contributed by atoms with van der Waals surface area (Å²) in [7, 11) is 2.06. The third kappa shape index (κ3) is 4.16. The Morgan fingerprint density at radius 3 is 2.33 bits per heavy atom. The van der Waals surface area contributed by atoms with E-state index in [9.17, 15) is 5.11 Å². The maximum atomic E-state index is 9.32. The van der Waals surface area contributed by atoms with Crippen molar-refractivity contribution in [3.8, 4) is 6.07 Å². The van der Waals surface area contributed by atoms with Gasteiger partial charge in [-0.2, -0.15) is 5.26 Å². The Morgan fingerprint density at radius 1 is 1.10 bits per heavy atom. The van der Waals surface area contributed by atoms with E-state index in [1.807, 2.05) is 42.5 Å². The lowest BCUT2D eigenvalue weighted by Gasteiger charge is -2.28. The summed E-state index contributed by atoms with van der Waals surface area (Å²) in [6.07, 6.45) is 0.705. The molecule has 0 bridgehead atoms. The molecule has 3 heteroatoms. The predicted molar refractivity (Wildman–Crippen MR) is 83.5 cm³/mol. The first-order valence-electron chi connectivity index (χ1n) is 7.09. The molecule has 3 nitrogen and oxygen atoms in total. The highest BCUT2D eigenvalue weighted by Crippen LogP contribution is 2.24. The van der Waals surface area contributed by atoms with E-state index in [1.54, 1.807) is 0 Å². The molecule has 0 saturated carbocycles. The van der Waals surface area contributed by atoms with Crippen LogP contribution in [0.5, 0.6) is 0 Å². The highest BCUT2D eigenvalue weighted by atomic mass is 16.3. The minimum Gasteiger partial charge on any atom is -0.396 e. The molecule has 0 radical (unpaired) electrons. The van der Waals surface area contributed by atoms with Crippen molar-refractivity contribution in [3.05, 3.63) is 71.3 Å². The van der Waals surface area contributed by atoms with Crippen molar-refractivity contribution in [1.29, 1.82) is 5.26 Å². The van der Waals surface area contributed by atoms with E-state index in [1.165, 1.54) is 5.56 Å². The van der Waals surface area contributed by atoms with Crippen molar-refractivity contribution in [3.63, 3.8) is 0 Å². The number of aliphatic hydroxyl groups is 1. The molecule has 2 rings (SSSR count). The second-order valence-electron chi connectivity index (χ2n) is 5.16. The molecule has 0 spiro atoms. The summed E-state index contributed by atoms with van der Waals surface area (Å²) in [5, 5.41) is 18.1. The van der Waals surface area contributed by atoms with Crippen LogP contribution in [0.15, 0.2) is 54.6 Å². The third-order valence-corrected chi connectivity index (χ3v) is 3.63. The molecular weight excluding hydrogens is 260 g/mol. The average Bonchev–Trinajstić information content (AvgIpc) is 2.54. The van der Waals surface area contributed by atoms with E-state index < -0.39 is 0 Å². The van der Waals surface area contributed by atoms with Gasteiger partial charge in [-0.3, -0.25) is 4.90 Å². The summed E-state index contributed by atoms with van der Waals surface area (Å²) >= 11 is 0. The number of aliphatic hydroxyl groups excluding tert-OH is 1. The molecule has 0 aliphatic carbocycles. The Morgan fingerprint density at radius 2 is 1.76 bits per heavy atom. The molecule has 21 heavy (non-hydrogen) atoms. The van der Waals surface area contributed by atoms with Gasteiger partial charge in [0.1, 0.15) is 0 Å². The fourth-order valence-corrected chi connectivity index (χ4v) is 2.52. The fourth-order valence-electron chi connectivity index (χ4n) is 2.52. The van der Waals surface area contributed by atoms with E-state index in [2.05, 4.69) is 30.1 Å². The molecule has 0 fully saturated rings. The van der Waals surface area contributed by atoms with E-state index in [0.717, 1.165) is 12.1 Å². The van der Waals surface area contributed by atoms with Crippen molar-refractivity contribution >= 4 is 0 Å². The average molecular weight is 280 g/mol. The van der Waals surface area contributed by atoms with Crippen LogP contribution in [0, 0.1) is 11.3 Å². The summed E-state index contributed by atoms with van der Waals surface area (Å²) in [6, 6.07) is 20.2. The quantitative estimate of drug-likeness (QED) is 0.884. The highest BCUT2D eigenvalue weighted by molar-refractivity contribution is 5.31. The molecule has 0 heterocycles. The van der Waals surface area contributed by atoms with Gasteiger partial charge in [0.25, 0.3) is 0 Å². The number of nitriles is 1. The van der Waals surface area contributed by atoms with Crippen LogP contribution in [0.1, 0.15) is 29.2 Å². The zero-order valence-corrected chi connectivity index (χ0v) is 12.2. The lowest BCUT2D eigenvalue weighted by Crippen LogP contribution is -2.25. The van der Waals surface area contributed by atoms with Crippen LogP contribution in [-0.2, 0) is 6.54 Å². The molecule has 2 aromatic rings. The molecule has 0 saturated heterocycles. The highest BCUT2D eigenvalue weighted by Gasteiger charge is 2.16. The first kappa shape index (κ1) is 15.2. The van der Waals surface area contributed by atoms with Gasteiger partial charge < -0.3 is 5.11 Å². The van der Waals surface area contributed by atoms with E-state index in [0.29, 0.717) is 12.0 Å². The van der Waals surface area contributed by atoms with Gasteiger partial charge in [0, 0.05) is 19.2 Å². The molecule has 0 unspecified atom stereocenters. The first-order valence-corrected chi connectivity index (χ1v) is 7.09. The Balaban J connectivity index is 2.11. The topological polar surface area (TPSA) is 47.3 Å². The van der Waals surface area contributed by atoms with Crippen molar-refractivity contribution in [2.24, 2.45) is 0 Å². The molecular formula is C18H20N2O. The molecule has 2 aromatic carbocycles. The number of hydrogen-bond acceptors (Lipinski definition) is 3. The minimum atomic E-state index is 0.164. The fraction of sp³-hybridized carbons (Fsp3) is 0.278. The van der Waals surface area contributed by atoms with Crippen molar-refractivity contribution < 1.29 is 5.11 Å². The molecule has 1 N–H and O–H groups in total. The van der Waals surface area contributed by atoms with Gasteiger partial charge in [0.15, 0.2) is 0 Å². The minimum absolute atomic E-state index is 0.164. The van der Waals surface area contributed by atoms with Crippen LogP contribution in [0.2, 0.25) is 0 Å². The summed E-state index contributed by atoms with van der Waals surface area (Å²) in [5.41, 5.74) is 3.05.